The summed E-state index contributed by atoms with van der Waals surface area (Å²) < 4.78 is 188. The molecule has 13 rings (SSSR count). The molecular formula is C57H35N5O. The summed E-state index contributed by atoms with van der Waals surface area (Å²) >= 11 is 0. The lowest BCUT2D eigenvalue weighted by molar-refractivity contribution is 0.669. The summed E-state index contributed by atoms with van der Waals surface area (Å²) in [5, 5.41) is 0.467. The molecule has 13 aromatic rings. The molecule has 4 aromatic heterocycles. The highest BCUT2D eigenvalue weighted by atomic mass is 16.3. The minimum absolute atomic E-state index is 0.236. The molecule has 0 atom stereocenters. The normalized spacial score (nSPS) is 16.3. The van der Waals surface area contributed by atoms with Crippen LogP contribution in [0.4, 0.5) is 0 Å². The predicted molar refractivity (Wildman–Crippen MR) is 258 cm³/mol. The van der Waals surface area contributed by atoms with Gasteiger partial charge in [0, 0.05) is 37.9 Å². The highest BCUT2D eigenvalue weighted by Gasteiger charge is 2.21. The summed E-state index contributed by atoms with van der Waals surface area (Å²) in [5.74, 6) is -1.39. The van der Waals surface area contributed by atoms with Crippen LogP contribution in [0.15, 0.2) is 216 Å². The van der Waals surface area contributed by atoms with Gasteiger partial charge in [-0.05, 0) is 81.8 Å². The second-order valence-electron chi connectivity index (χ2n) is 14.5. The van der Waals surface area contributed by atoms with Crippen molar-refractivity contribution in [3.63, 3.8) is 0 Å². The molecule has 0 aliphatic rings. The van der Waals surface area contributed by atoms with E-state index in [2.05, 4.69) is 6.07 Å². The van der Waals surface area contributed by atoms with Gasteiger partial charge in [-0.1, -0.05) is 163 Å². The Kier molecular flexibility index (Phi) is 4.61. The SMILES string of the molecule is [2H]c1c([2H])c([2H])c(-c2c([2H])c([2H])c3c4c([2H])c([2H])c([2H])c([2H])c4n(-c4nc(-c5ccc(-c6cccc(-c7ccc8oc9ccccc9c8c7)c6)cc5)nc(-n5c6c([2H])c([2H])c([2H])c([2H])c6c6c([2H])c([2H])c([2H])c([2H])c65)n4)c3c2[2H])c([2H])c1[2H]. The van der Waals surface area contributed by atoms with Gasteiger partial charge in [0.2, 0.25) is 11.9 Å². The fraction of sp³-hybridized carbons (Fsp3) is 0. The van der Waals surface area contributed by atoms with Crippen LogP contribution in [0.3, 0.4) is 0 Å². The van der Waals surface area contributed by atoms with Crippen LogP contribution in [0.1, 0.15) is 27.4 Å². The maximum Gasteiger partial charge on any atom is 0.240 e. The van der Waals surface area contributed by atoms with Crippen LogP contribution in [0, 0.1) is 0 Å². The lowest BCUT2D eigenvalue weighted by Gasteiger charge is -2.13. The Hall–Kier alpha value is -8.61. The molecule has 9 aromatic carbocycles. The fourth-order valence-electron chi connectivity index (χ4n) is 8.11. The average molecular weight is 826 g/mol. The molecule has 0 fully saturated rings. The van der Waals surface area contributed by atoms with Crippen molar-refractivity contribution in [2.75, 3.05) is 0 Å². The Labute approximate surface area is 389 Å². The number of fused-ring (bicyclic) bond motifs is 9. The van der Waals surface area contributed by atoms with E-state index in [1.54, 1.807) is 24.3 Å². The van der Waals surface area contributed by atoms with Gasteiger partial charge < -0.3 is 4.42 Å². The maximum absolute atomic E-state index is 9.90. The van der Waals surface area contributed by atoms with Gasteiger partial charge in [-0.15, -0.1) is 0 Å². The van der Waals surface area contributed by atoms with Gasteiger partial charge in [-0.3, -0.25) is 9.13 Å². The van der Waals surface area contributed by atoms with Crippen molar-refractivity contribution >= 4 is 65.6 Å². The van der Waals surface area contributed by atoms with Crippen molar-refractivity contribution in [3.05, 3.63) is 212 Å². The molecule has 0 saturated heterocycles. The van der Waals surface area contributed by atoms with Crippen molar-refractivity contribution in [2.24, 2.45) is 0 Å². The third-order valence-corrected chi connectivity index (χ3v) is 11.0. The number of benzene rings is 9. The Bertz CT molecular complexity index is 5010. The quantitative estimate of drug-likeness (QED) is 0.168. The number of rotatable bonds is 6. The first kappa shape index (κ1) is 20.8. The largest absolute Gasteiger partial charge is 0.456 e. The number of hydrogen-bond acceptors (Lipinski definition) is 4. The zero-order valence-electron chi connectivity index (χ0n) is 52.3. The first-order valence-electron chi connectivity index (χ1n) is 29.5. The van der Waals surface area contributed by atoms with E-state index in [-0.39, 0.29) is 27.5 Å². The molecule has 6 heteroatoms. The molecule has 0 N–H and O–H groups in total. The van der Waals surface area contributed by atoms with Gasteiger partial charge in [0.05, 0.1) is 49.5 Å². The number of hydrogen-bond donors (Lipinski definition) is 0. The monoisotopic (exact) mass is 825 g/mol. The Balaban J connectivity index is 1.12. The molecule has 0 radical (unpaired) electrons. The van der Waals surface area contributed by atoms with Crippen LogP contribution in [-0.2, 0) is 0 Å². The van der Waals surface area contributed by atoms with E-state index in [1.807, 2.05) is 60.7 Å². The molecule has 0 aliphatic heterocycles. The predicted octanol–water partition coefficient (Wildman–Crippen LogP) is 14.6. The average Bonchev–Trinajstić information content (AvgIpc) is 3.17. The van der Waals surface area contributed by atoms with Crippen molar-refractivity contribution in [1.29, 1.82) is 0 Å². The van der Waals surface area contributed by atoms with E-state index in [4.69, 9.17) is 37.2 Å². The number of para-hydroxylation sites is 4. The van der Waals surface area contributed by atoms with Gasteiger partial charge in [0.1, 0.15) is 11.2 Å². The van der Waals surface area contributed by atoms with Crippen LogP contribution in [0.5, 0.6) is 0 Å². The molecule has 4 heterocycles. The number of aromatic nitrogens is 5. The lowest BCUT2D eigenvalue weighted by Crippen LogP contribution is -2.10. The number of nitrogens with zero attached hydrogens (tertiary/aromatic N) is 5. The minimum atomic E-state index is -0.825. The molecule has 0 amide bonds. The summed E-state index contributed by atoms with van der Waals surface area (Å²) in [5.41, 5.74) is 2.08. The Morgan fingerprint density at radius 2 is 0.889 bits per heavy atom. The second-order valence-corrected chi connectivity index (χ2v) is 14.5. The van der Waals surface area contributed by atoms with Crippen LogP contribution in [-0.4, -0.2) is 24.1 Å². The topological polar surface area (TPSA) is 61.7 Å². The Morgan fingerprint density at radius 3 is 1.59 bits per heavy atom. The highest BCUT2D eigenvalue weighted by Crippen LogP contribution is 2.38. The maximum atomic E-state index is 9.90. The summed E-state index contributed by atoms with van der Waals surface area (Å²) in [6.07, 6.45) is 0. The van der Waals surface area contributed by atoms with Gasteiger partial charge in [0.15, 0.2) is 5.82 Å². The van der Waals surface area contributed by atoms with Crippen molar-refractivity contribution in [1.82, 2.24) is 24.1 Å². The zero-order valence-corrected chi connectivity index (χ0v) is 32.3. The van der Waals surface area contributed by atoms with Gasteiger partial charge in [-0.25, -0.2) is 0 Å². The van der Waals surface area contributed by atoms with Crippen LogP contribution in [0.2, 0.25) is 0 Å². The summed E-state index contributed by atoms with van der Waals surface area (Å²) in [7, 11) is 0. The van der Waals surface area contributed by atoms with Crippen molar-refractivity contribution in [3.8, 4) is 56.7 Å². The first-order chi connectivity index (χ1) is 39.5. The number of furan rings is 1. The van der Waals surface area contributed by atoms with Crippen LogP contribution < -0.4 is 0 Å². The van der Waals surface area contributed by atoms with E-state index in [0.29, 0.717) is 0 Å². The van der Waals surface area contributed by atoms with E-state index in [0.717, 1.165) is 53.3 Å². The fourth-order valence-corrected chi connectivity index (χ4v) is 8.11. The molecule has 0 aliphatic carbocycles. The van der Waals surface area contributed by atoms with E-state index < -0.39 is 171 Å². The zero-order chi connectivity index (χ0) is 58.8. The first-order valence-corrected chi connectivity index (χ1v) is 19.5. The van der Waals surface area contributed by atoms with Gasteiger partial charge >= 0.3 is 0 Å². The van der Waals surface area contributed by atoms with Crippen LogP contribution in [0.25, 0.3) is 122 Å². The van der Waals surface area contributed by atoms with Crippen LogP contribution >= 0.6 is 0 Å². The van der Waals surface area contributed by atoms with E-state index in [9.17, 15) is 9.60 Å². The Morgan fingerprint density at radius 1 is 0.349 bits per heavy atom. The van der Waals surface area contributed by atoms with Gasteiger partial charge in [0.25, 0.3) is 0 Å². The minimum Gasteiger partial charge on any atom is -0.456 e. The molecule has 0 spiro atoms. The third kappa shape index (κ3) is 5.69. The highest BCUT2D eigenvalue weighted by molar-refractivity contribution is 6.11. The standard InChI is InChI=1S/C57H35N5O/c1-2-13-36(14-3-1)42-29-31-46-45-19-6-10-23-51(45)62(52(46)35-42)57-59-55(58-56(60-57)61-49-21-8-4-17-43(49)44-18-5-9-22-50(44)61)38-27-25-37(26-28-38)39-15-12-16-40(33-39)41-30-32-54-48(34-41)47-20-7-11-24-53(47)63-54/h1-35H/i1D,2D,3D,4D,5D,6D,8D,9D,10D,13D,14D,17D,18D,19D,21D,22D,23D,29D,31D,35D. The summed E-state index contributed by atoms with van der Waals surface area (Å²) in [4.78, 5) is 14.5. The molecule has 0 unspecified atom stereocenters. The van der Waals surface area contributed by atoms with Crippen molar-refractivity contribution < 1.29 is 31.8 Å². The smallest absolute Gasteiger partial charge is 0.240 e. The molecular weight excluding hydrogens is 771 g/mol. The molecule has 294 valence electrons. The van der Waals surface area contributed by atoms with E-state index >= 15 is 0 Å². The van der Waals surface area contributed by atoms with Crippen molar-refractivity contribution in [2.45, 2.75) is 0 Å². The molecule has 63 heavy (non-hydrogen) atoms. The van der Waals surface area contributed by atoms with E-state index in [1.165, 1.54) is 0 Å². The molecule has 0 bridgehead atoms. The summed E-state index contributed by atoms with van der Waals surface area (Å²) in [6.45, 7) is 0. The third-order valence-electron chi connectivity index (χ3n) is 11.0. The molecule has 0 saturated carbocycles. The van der Waals surface area contributed by atoms with Gasteiger partial charge in [-0.2, -0.15) is 15.0 Å². The lowest BCUT2D eigenvalue weighted by atomic mass is 9.97. The summed E-state index contributed by atoms with van der Waals surface area (Å²) in [6, 6.07) is 13.2. The second kappa shape index (κ2) is 14.0. The molecule has 6 nitrogen and oxygen atoms in total.